The van der Waals surface area contributed by atoms with Gasteiger partial charge in [-0.2, -0.15) is 5.26 Å². The molecule has 0 aliphatic rings. The van der Waals surface area contributed by atoms with E-state index in [4.69, 9.17) is 16.7 Å². The minimum Gasteiger partial charge on any atom is -0.450 e. The van der Waals surface area contributed by atoms with Gasteiger partial charge in [-0.15, -0.1) is 0 Å². The Labute approximate surface area is 210 Å². The van der Waals surface area contributed by atoms with Gasteiger partial charge in [-0.25, -0.2) is 0 Å². The van der Waals surface area contributed by atoms with E-state index in [1.807, 2.05) is 12.1 Å². The van der Waals surface area contributed by atoms with E-state index < -0.39 is 21.5 Å². The van der Waals surface area contributed by atoms with Crippen LogP contribution in [0.3, 0.4) is 0 Å². The Morgan fingerprint density at radius 3 is 2.31 bits per heavy atom. The summed E-state index contributed by atoms with van der Waals surface area (Å²) in [7, 11) is 0. The molecule has 1 aromatic heterocycles. The molecule has 2 rings (SSSR count). The fraction of sp³-hybridized carbons (Fsp3) is 0.381. The summed E-state index contributed by atoms with van der Waals surface area (Å²) < 4.78 is 4.62. The lowest BCUT2D eigenvalue weighted by atomic mass is 10.2. The molecule has 14 nitrogen and oxygen atoms in total. The Bertz CT molecular complexity index is 1130. The van der Waals surface area contributed by atoms with Gasteiger partial charge in [-0.05, 0) is 49.8 Å². The van der Waals surface area contributed by atoms with Crippen molar-refractivity contribution in [1.82, 2.24) is 0 Å². The molecule has 1 heterocycles. The zero-order chi connectivity index (χ0) is 27.3. The van der Waals surface area contributed by atoms with Gasteiger partial charge in [0, 0.05) is 31.6 Å². The van der Waals surface area contributed by atoms with Crippen molar-refractivity contribution in [1.29, 1.82) is 5.26 Å². The number of ether oxygens (including phenoxy) is 1. The normalized spacial score (nSPS) is 9.81. The summed E-state index contributed by atoms with van der Waals surface area (Å²) in [6, 6.07) is 8.10. The van der Waals surface area contributed by atoms with Crippen LogP contribution in [0.15, 0.2) is 24.3 Å². The van der Waals surface area contributed by atoms with E-state index in [0.29, 0.717) is 29.1 Å². The Kier molecular flexibility index (Phi) is 12.1. The van der Waals surface area contributed by atoms with Crippen molar-refractivity contribution in [2.75, 3.05) is 41.4 Å². The maximum absolute atomic E-state index is 12.0. The van der Waals surface area contributed by atoms with Crippen molar-refractivity contribution in [2.24, 2.45) is 0 Å². The molecule has 0 spiro atoms. The van der Waals surface area contributed by atoms with Crippen molar-refractivity contribution in [3.8, 4) is 6.07 Å². The van der Waals surface area contributed by atoms with Gasteiger partial charge in [0.2, 0.25) is 5.91 Å². The number of nitrogens with one attached hydrogen (secondary N) is 1. The number of nitrogens with two attached hydrogens (primary N) is 2. The van der Waals surface area contributed by atoms with Crippen molar-refractivity contribution in [3.05, 3.63) is 44.5 Å². The maximum Gasteiger partial charge on any atom is 0.333 e. The molecule has 2 aromatic rings. The first kappa shape index (κ1) is 29.6. The number of carbonyl (C=O) groups is 2. The fourth-order valence-corrected chi connectivity index (χ4v) is 3.55. The third-order valence-corrected chi connectivity index (χ3v) is 5.53. The molecule has 0 saturated heterocycles. The number of hydrogen-bond acceptors (Lipinski definition) is 12. The van der Waals surface area contributed by atoms with Gasteiger partial charge >= 0.3 is 16.7 Å². The smallest absolute Gasteiger partial charge is 0.333 e. The van der Waals surface area contributed by atoms with Crippen LogP contribution in [0.1, 0.15) is 33.1 Å². The van der Waals surface area contributed by atoms with Gasteiger partial charge in [0.15, 0.2) is 11.6 Å². The molecule has 15 heteroatoms. The summed E-state index contributed by atoms with van der Waals surface area (Å²) in [4.78, 5) is 44.2. The summed E-state index contributed by atoms with van der Waals surface area (Å²) in [5, 5.41) is 30.9. The first-order chi connectivity index (χ1) is 17.0. The third-order valence-electron chi connectivity index (χ3n) is 4.63. The maximum atomic E-state index is 12.0. The number of anilines is 4. The van der Waals surface area contributed by atoms with Gasteiger partial charge in [0.25, 0.3) is 0 Å². The van der Waals surface area contributed by atoms with E-state index in [-0.39, 0.29) is 35.4 Å². The molecule has 0 saturated carbocycles. The van der Waals surface area contributed by atoms with Crippen LogP contribution in [0.2, 0.25) is 0 Å². The summed E-state index contributed by atoms with van der Waals surface area (Å²) >= 11 is 0.588. The van der Waals surface area contributed by atoms with Gasteiger partial charge in [-0.3, -0.25) is 29.8 Å². The number of esters is 1. The average Bonchev–Trinajstić information content (AvgIpc) is 3.23. The number of benzene rings is 1. The van der Waals surface area contributed by atoms with Crippen LogP contribution in [-0.2, 0) is 14.3 Å². The second-order valence-electron chi connectivity index (χ2n) is 7.01. The van der Waals surface area contributed by atoms with Crippen LogP contribution >= 0.6 is 11.3 Å². The molecular formula is C21H27N7O7S. The fourth-order valence-electron chi connectivity index (χ4n) is 2.84. The van der Waals surface area contributed by atoms with Crippen LogP contribution < -0.4 is 21.7 Å². The Balaban J connectivity index is 0.000000450. The predicted molar refractivity (Wildman–Crippen MR) is 136 cm³/mol. The third kappa shape index (κ3) is 9.43. The minimum absolute atomic E-state index is 0.101. The van der Waals surface area contributed by atoms with Gasteiger partial charge < -0.3 is 26.4 Å². The Hall–Kier alpha value is -4.45. The highest BCUT2D eigenvalue weighted by atomic mass is 32.1. The molecule has 5 N–H and O–H groups in total. The number of nitrogens with zero attached hydrogens (tertiary/aromatic N) is 4. The summed E-state index contributed by atoms with van der Waals surface area (Å²) in [5.41, 5.74) is 12.7. The minimum atomic E-state index is -0.751. The zero-order valence-corrected chi connectivity index (χ0v) is 20.6. The molecule has 0 unspecified atom stereocenters. The van der Waals surface area contributed by atoms with E-state index in [0.717, 1.165) is 24.8 Å². The van der Waals surface area contributed by atoms with Gasteiger partial charge in [-0.1, -0.05) is 0 Å². The Morgan fingerprint density at radius 1 is 1.14 bits per heavy atom. The van der Waals surface area contributed by atoms with Crippen LogP contribution in [0.5, 0.6) is 0 Å². The first-order valence-electron chi connectivity index (χ1n) is 10.7. The van der Waals surface area contributed by atoms with Crippen molar-refractivity contribution < 1.29 is 24.2 Å². The highest BCUT2D eigenvalue weighted by Crippen LogP contribution is 2.36. The number of rotatable bonds is 11. The van der Waals surface area contributed by atoms with Crippen LogP contribution in [-0.4, -0.2) is 41.4 Å². The van der Waals surface area contributed by atoms with Crippen LogP contribution in [0.25, 0.3) is 0 Å². The Morgan fingerprint density at radius 2 is 1.81 bits per heavy atom. The largest absolute Gasteiger partial charge is 0.450 e. The first-order valence-corrected chi connectivity index (χ1v) is 11.5. The number of carbonyl (C=O) groups excluding carboxylic acids is 2. The van der Waals surface area contributed by atoms with Crippen LogP contribution in [0.4, 0.5) is 32.8 Å². The van der Waals surface area contributed by atoms with Crippen molar-refractivity contribution in [3.63, 3.8) is 0 Å². The molecular weight excluding hydrogens is 494 g/mol. The van der Waals surface area contributed by atoms with E-state index >= 15 is 0 Å². The number of nitro groups is 2. The summed E-state index contributed by atoms with van der Waals surface area (Å²) in [6.45, 7) is 5.57. The average molecular weight is 522 g/mol. The monoisotopic (exact) mass is 521 g/mol. The van der Waals surface area contributed by atoms with E-state index in [1.165, 1.54) is 0 Å². The second-order valence-corrected chi connectivity index (χ2v) is 8.07. The molecule has 0 aliphatic heterocycles. The lowest BCUT2D eigenvalue weighted by Gasteiger charge is -2.22. The second kappa shape index (κ2) is 14.7. The number of thiophene rings is 1. The van der Waals surface area contributed by atoms with E-state index in [2.05, 4.69) is 28.8 Å². The van der Waals surface area contributed by atoms with Crippen LogP contribution in [0, 0.1) is 31.6 Å². The molecule has 1 aromatic carbocycles. The predicted octanol–water partition coefficient (Wildman–Crippen LogP) is 3.44. The molecule has 0 atom stereocenters. The van der Waals surface area contributed by atoms with Crippen molar-refractivity contribution >= 4 is 56.0 Å². The zero-order valence-electron chi connectivity index (χ0n) is 19.8. The highest BCUT2D eigenvalue weighted by molar-refractivity contribution is 7.19. The van der Waals surface area contributed by atoms with E-state index in [9.17, 15) is 29.8 Å². The molecule has 0 fully saturated rings. The van der Waals surface area contributed by atoms with Crippen molar-refractivity contribution in [2.45, 2.75) is 33.1 Å². The SMILES string of the molecule is CCN(CC)c1ccc(N)c(NC(=O)CCCC(=O)OCC#N)c1.Nc1sc([N+](=O)[O-])cc1[N+](=O)[O-]. The summed E-state index contributed by atoms with van der Waals surface area (Å²) in [6.07, 6.45) is 0.631. The topological polar surface area (TPSA) is 221 Å². The summed E-state index contributed by atoms with van der Waals surface area (Å²) in [5.74, 6) is -0.695. The highest BCUT2D eigenvalue weighted by Gasteiger charge is 2.22. The van der Waals surface area contributed by atoms with Gasteiger partial charge in [0.1, 0.15) is 12.1 Å². The number of nitrogen functional groups attached to an aromatic ring is 2. The molecule has 1 amide bonds. The molecule has 0 radical (unpaired) electrons. The number of nitriles is 1. The standard InChI is InChI=1S/C17H24N4O3.C4H3N3O4S/c1-3-21(4-2)13-8-9-14(19)15(12-13)20-16(22)6-5-7-17(23)24-11-10-18;5-4-2(6(8)9)1-3(12-4)7(10)11/h8-9,12H,3-7,11,19H2,1-2H3,(H,20,22);1H,5H2. The number of amides is 1. The lowest BCUT2D eigenvalue weighted by molar-refractivity contribution is -0.389. The van der Waals surface area contributed by atoms with Gasteiger partial charge in [0.05, 0.1) is 21.2 Å². The number of hydrogen-bond donors (Lipinski definition) is 3. The van der Waals surface area contributed by atoms with E-state index in [1.54, 1.807) is 12.1 Å². The quantitative estimate of drug-likeness (QED) is 0.168. The molecule has 194 valence electrons. The lowest BCUT2D eigenvalue weighted by Crippen LogP contribution is -2.22. The molecule has 0 bridgehead atoms. The molecule has 0 aliphatic carbocycles. The molecule has 36 heavy (non-hydrogen) atoms.